The molecule has 1 fully saturated rings. The first kappa shape index (κ1) is 17.8. The van der Waals surface area contributed by atoms with E-state index >= 15 is 0 Å². The summed E-state index contributed by atoms with van der Waals surface area (Å²) >= 11 is 0. The van der Waals surface area contributed by atoms with Crippen LogP contribution >= 0.6 is 0 Å². The van der Waals surface area contributed by atoms with Gasteiger partial charge in [-0.15, -0.1) is 0 Å². The van der Waals surface area contributed by atoms with E-state index in [1.807, 2.05) is 24.0 Å². The molecule has 0 atom stereocenters. The molecule has 0 aliphatic carbocycles. The van der Waals surface area contributed by atoms with E-state index in [1.165, 1.54) is 4.31 Å². The molecule has 7 nitrogen and oxygen atoms in total. The van der Waals surface area contributed by atoms with Crippen molar-refractivity contribution in [3.8, 4) is 0 Å². The zero-order chi connectivity index (χ0) is 17.7. The number of nitrogens with one attached hydrogen (secondary N) is 1. The molecule has 0 unspecified atom stereocenters. The van der Waals surface area contributed by atoms with Crippen molar-refractivity contribution in [1.29, 1.82) is 0 Å². The second kappa shape index (κ2) is 7.90. The number of hydrogen-bond donors (Lipinski definition) is 1. The van der Waals surface area contributed by atoms with Crippen molar-refractivity contribution in [2.75, 3.05) is 37.6 Å². The molecule has 3 rings (SSSR count). The molecule has 2 heterocycles. The molecule has 1 aliphatic rings. The predicted octanol–water partition coefficient (Wildman–Crippen LogP) is 1.10. The van der Waals surface area contributed by atoms with Crippen LogP contribution in [0.3, 0.4) is 0 Å². The first-order chi connectivity index (χ1) is 12.1. The lowest BCUT2D eigenvalue weighted by Crippen LogP contribution is -2.49. The van der Waals surface area contributed by atoms with Gasteiger partial charge in [0.25, 0.3) is 0 Å². The monoisotopic (exact) mass is 361 g/mol. The van der Waals surface area contributed by atoms with Gasteiger partial charge in [0.15, 0.2) is 0 Å². The Morgan fingerprint density at radius 1 is 1.04 bits per heavy atom. The van der Waals surface area contributed by atoms with Gasteiger partial charge in [-0.1, -0.05) is 19.1 Å². The summed E-state index contributed by atoms with van der Waals surface area (Å²) in [4.78, 5) is 10.8. The Bertz CT molecular complexity index is 772. The van der Waals surface area contributed by atoms with Crippen LogP contribution in [0.25, 0.3) is 0 Å². The highest BCUT2D eigenvalue weighted by Gasteiger charge is 2.29. The zero-order valence-electron chi connectivity index (χ0n) is 14.3. The Balaban J connectivity index is 1.65. The highest BCUT2D eigenvalue weighted by atomic mass is 32.2. The van der Waals surface area contributed by atoms with Crippen molar-refractivity contribution in [1.82, 2.24) is 19.6 Å². The molecule has 0 amide bonds. The average molecular weight is 361 g/mol. The summed E-state index contributed by atoms with van der Waals surface area (Å²) in [5, 5.41) is 3.23. The molecule has 0 bridgehead atoms. The third-order valence-electron chi connectivity index (χ3n) is 4.21. The molecule has 1 aliphatic heterocycles. The topological polar surface area (TPSA) is 78.4 Å². The van der Waals surface area contributed by atoms with Crippen LogP contribution in [0.5, 0.6) is 0 Å². The van der Waals surface area contributed by atoms with E-state index in [-0.39, 0.29) is 0 Å². The highest BCUT2D eigenvalue weighted by Crippen LogP contribution is 2.19. The van der Waals surface area contributed by atoms with E-state index in [0.717, 1.165) is 18.7 Å². The van der Waals surface area contributed by atoms with Crippen LogP contribution in [0.15, 0.2) is 47.6 Å². The van der Waals surface area contributed by atoms with Gasteiger partial charge in [0.05, 0.1) is 4.90 Å². The molecule has 1 aromatic carbocycles. The third kappa shape index (κ3) is 4.15. The van der Waals surface area contributed by atoms with Gasteiger partial charge in [0.1, 0.15) is 0 Å². The molecule has 1 N–H and O–H groups in total. The first-order valence-electron chi connectivity index (χ1n) is 8.43. The van der Waals surface area contributed by atoms with Crippen LogP contribution in [0.1, 0.15) is 12.5 Å². The third-order valence-corrected chi connectivity index (χ3v) is 6.13. The number of nitrogens with zero attached hydrogens (tertiary/aromatic N) is 4. The number of hydrogen-bond acceptors (Lipinski definition) is 6. The minimum absolute atomic E-state index is 0.345. The van der Waals surface area contributed by atoms with Gasteiger partial charge in [0, 0.05) is 45.1 Å². The minimum Gasteiger partial charge on any atom is -0.338 e. The fourth-order valence-electron chi connectivity index (χ4n) is 2.78. The van der Waals surface area contributed by atoms with Crippen molar-refractivity contribution in [2.24, 2.45) is 0 Å². The number of anilines is 1. The van der Waals surface area contributed by atoms with E-state index in [9.17, 15) is 8.42 Å². The fraction of sp³-hybridized carbons (Fsp3) is 0.412. The maximum atomic E-state index is 12.8. The summed E-state index contributed by atoms with van der Waals surface area (Å²) in [6, 6.07) is 8.88. The smallest absolute Gasteiger partial charge is 0.243 e. The van der Waals surface area contributed by atoms with E-state index in [0.29, 0.717) is 37.0 Å². The Kier molecular flexibility index (Phi) is 5.62. The molecule has 8 heteroatoms. The molecule has 1 aromatic heterocycles. The van der Waals surface area contributed by atoms with Gasteiger partial charge in [0.2, 0.25) is 16.0 Å². The van der Waals surface area contributed by atoms with Crippen LogP contribution in [0.4, 0.5) is 5.95 Å². The standard InChI is InChI=1S/C17H23N5O2S/c1-2-18-14-15-4-6-16(7-5-15)25(23,24)22-12-10-21(11-13-22)17-19-8-3-9-20-17/h3-9,18H,2,10-14H2,1H3. The average Bonchev–Trinajstić information content (AvgIpc) is 2.67. The van der Waals surface area contributed by atoms with Crippen LogP contribution < -0.4 is 10.2 Å². The lowest BCUT2D eigenvalue weighted by atomic mass is 10.2. The lowest BCUT2D eigenvalue weighted by Gasteiger charge is -2.33. The Morgan fingerprint density at radius 3 is 2.28 bits per heavy atom. The summed E-state index contributed by atoms with van der Waals surface area (Å²) in [5.74, 6) is 0.646. The van der Waals surface area contributed by atoms with Gasteiger partial charge in [-0.05, 0) is 30.3 Å². The van der Waals surface area contributed by atoms with E-state index < -0.39 is 10.0 Å². The van der Waals surface area contributed by atoms with Crippen molar-refractivity contribution in [3.63, 3.8) is 0 Å². The van der Waals surface area contributed by atoms with E-state index in [2.05, 4.69) is 15.3 Å². The van der Waals surface area contributed by atoms with Crippen LogP contribution in [-0.2, 0) is 16.6 Å². The summed E-state index contributed by atoms with van der Waals surface area (Å²) in [7, 11) is -3.46. The zero-order valence-corrected chi connectivity index (χ0v) is 15.1. The number of piperazine rings is 1. The number of aromatic nitrogens is 2. The molecule has 25 heavy (non-hydrogen) atoms. The predicted molar refractivity (Wildman–Crippen MR) is 96.8 cm³/mol. The Hall–Kier alpha value is -2.03. The maximum absolute atomic E-state index is 12.8. The molecule has 2 aromatic rings. The van der Waals surface area contributed by atoms with Gasteiger partial charge in [-0.2, -0.15) is 4.31 Å². The first-order valence-corrected chi connectivity index (χ1v) is 9.87. The van der Waals surface area contributed by atoms with E-state index in [4.69, 9.17) is 0 Å². The number of rotatable bonds is 6. The second-order valence-corrected chi connectivity index (χ2v) is 7.80. The quantitative estimate of drug-likeness (QED) is 0.830. The molecular weight excluding hydrogens is 338 g/mol. The Labute approximate surface area is 148 Å². The number of sulfonamides is 1. The van der Waals surface area contributed by atoms with Crippen molar-refractivity contribution in [3.05, 3.63) is 48.3 Å². The molecular formula is C17H23N5O2S. The van der Waals surface area contributed by atoms with Gasteiger partial charge in [-0.3, -0.25) is 0 Å². The lowest BCUT2D eigenvalue weighted by molar-refractivity contribution is 0.382. The van der Waals surface area contributed by atoms with Crippen molar-refractivity contribution in [2.45, 2.75) is 18.4 Å². The van der Waals surface area contributed by atoms with E-state index in [1.54, 1.807) is 30.6 Å². The van der Waals surface area contributed by atoms with Crippen molar-refractivity contribution < 1.29 is 8.42 Å². The molecule has 0 saturated carbocycles. The van der Waals surface area contributed by atoms with Gasteiger partial charge >= 0.3 is 0 Å². The van der Waals surface area contributed by atoms with Crippen LogP contribution in [-0.4, -0.2) is 55.4 Å². The van der Waals surface area contributed by atoms with Crippen LogP contribution in [0.2, 0.25) is 0 Å². The fourth-order valence-corrected chi connectivity index (χ4v) is 4.20. The summed E-state index contributed by atoms with van der Waals surface area (Å²) in [6.07, 6.45) is 3.39. The van der Waals surface area contributed by atoms with Crippen LogP contribution in [0, 0.1) is 0 Å². The summed E-state index contributed by atoms with van der Waals surface area (Å²) < 4.78 is 27.2. The Morgan fingerprint density at radius 2 is 1.68 bits per heavy atom. The maximum Gasteiger partial charge on any atom is 0.243 e. The molecule has 134 valence electrons. The van der Waals surface area contributed by atoms with Gasteiger partial charge in [-0.25, -0.2) is 18.4 Å². The summed E-state index contributed by atoms with van der Waals surface area (Å²) in [6.45, 7) is 5.70. The molecule has 1 saturated heterocycles. The second-order valence-electron chi connectivity index (χ2n) is 5.86. The molecule has 0 radical (unpaired) electrons. The number of benzene rings is 1. The van der Waals surface area contributed by atoms with Crippen molar-refractivity contribution >= 4 is 16.0 Å². The largest absolute Gasteiger partial charge is 0.338 e. The molecule has 0 spiro atoms. The summed E-state index contributed by atoms with van der Waals surface area (Å²) in [5.41, 5.74) is 1.08. The van der Waals surface area contributed by atoms with Gasteiger partial charge < -0.3 is 10.2 Å². The minimum atomic E-state index is -3.46. The highest BCUT2D eigenvalue weighted by molar-refractivity contribution is 7.89. The normalized spacial score (nSPS) is 16.1. The SMILES string of the molecule is CCNCc1ccc(S(=O)(=O)N2CCN(c3ncccn3)CC2)cc1.